The number of rotatable bonds is 2. The van der Waals surface area contributed by atoms with Crippen molar-refractivity contribution in [2.75, 3.05) is 5.73 Å². The van der Waals surface area contributed by atoms with Gasteiger partial charge in [-0.05, 0) is 25.5 Å². The summed E-state index contributed by atoms with van der Waals surface area (Å²) in [5.41, 5.74) is 9.24. The number of anilines is 1. The number of fused-ring (bicyclic) bond motifs is 1. The molecule has 3 aromatic rings. The molecule has 2 N–H and O–H groups in total. The summed E-state index contributed by atoms with van der Waals surface area (Å²) in [6.07, 6.45) is 1.89. The number of hydrogen-bond acceptors (Lipinski definition) is 4. The van der Waals surface area contributed by atoms with E-state index < -0.39 is 0 Å². The summed E-state index contributed by atoms with van der Waals surface area (Å²) < 4.78 is 2.03. The van der Waals surface area contributed by atoms with Gasteiger partial charge in [-0.15, -0.1) is 11.3 Å². The van der Waals surface area contributed by atoms with Crippen LogP contribution in [0.4, 0.5) is 5.95 Å². The quantitative estimate of drug-likeness (QED) is 0.769. The minimum Gasteiger partial charge on any atom is -0.369 e. The molecule has 0 aliphatic heterocycles. The van der Waals surface area contributed by atoms with Crippen molar-refractivity contribution in [3.8, 4) is 0 Å². The zero-order valence-corrected chi connectivity index (χ0v) is 11.2. The molecule has 0 spiro atoms. The number of para-hydroxylation sites is 1. The molecule has 2 heterocycles. The predicted octanol–water partition coefficient (Wildman–Crippen LogP) is 2.74. The second-order valence-corrected chi connectivity index (χ2v) is 5.68. The van der Waals surface area contributed by atoms with E-state index in [1.807, 2.05) is 22.9 Å². The highest BCUT2D eigenvalue weighted by atomic mass is 32.1. The fourth-order valence-electron chi connectivity index (χ4n) is 2.15. The third-order valence-electron chi connectivity index (χ3n) is 2.96. The third-order valence-corrected chi connectivity index (χ3v) is 3.86. The van der Waals surface area contributed by atoms with Crippen LogP contribution >= 0.6 is 11.3 Å². The Bertz CT molecular complexity index is 711. The summed E-state index contributed by atoms with van der Waals surface area (Å²) in [6.45, 7) is 4.82. The Kier molecular flexibility index (Phi) is 2.56. The molecular formula is C13H14N4S. The fraction of sp³-hybridized carbons (Fsp3) is 0.231. The minimum absolute atomic E-state index is 0.548. The Labute approximate surface area is 109 Å². The van der Waals surface area contributed by atoms with Crippen molar-refractivity contribution < 1.29 is 0 Å². The van der Waals surface area contributed by atoms with Crippen LogP contribution in [0.1, 0.15) is 15.4 Å². The van der Waals surface area contributed by atoms with Gasteiger partial charge < -0.3 is 10.3 Å². The number of benzene rings is 1. The number of nitrogens with zero attached hydrogens (tertiary/aromatic N) is 3. The summed E-state index contributed by atoms with van der Waals surface area (Å²) in [6, 6.07) is 6.07. The van der Waals surface area contributed by atoms with E-state index in [4.69, 9.17) is 5.73 Å². The minimum atomic E-state index is 0.548. The number of nitrogen functional groups attached to an aromatic ring is 1. The molecule has 0 saturated carbocycles. The average molecular weight is 258 g/mol. The Morgan fingerprint density at radius 1 is 1.33 bits per heavy atom. The van der Waals surface area contributed by atoms with Crippen LogP contribution in [0.3, 0.4) is 0 Å². The molecule has 5 heteroatoms. The van der Waals surface area contributed by atoms with Gasteiger partial charge in [0.15, 0.2) is 0 Å². The number of aryl methyl sites for hydroxylation is 2. The highest BCUT2D eigenvalue weighted by molar-refractivity contribution is 7.11. The summed E-state index contributed by atoms with van der Waals surface area (Å²) >= 11 is 1.69. The van der Waals surface area contributed by atoms with Gasteiger partial charge in [0.05, 0.1) is 17.6 Å². The van der Waals surface area contributed by atoms with Crippen molar-refractivity contribution in [3.63, 3.8) is 0 Å². The number of aromatic nitrogens is 3. The first-order valence-electron chi connectivity index (χ1n) is 5.78. The van der Waals surface area contributed by atoms with Crippen molar-refractivity contribution >= 4 is 28.3 Å². The summed E-state index contributed by atoms with van der Waals surface area (Å²) in [7, 11) is 0. The Hall–Kier alpha value is -1.88. The van der Waals surface area contributed by atoms with E-state index >= 15 is 0 Å². The molecule has 3 rings (SSSR count). The predicted molar refractivity (Wildman–Crippen MR) is 74.8 cm³/mol. The first kappa shape index (κ1) is 11.2. The Morgan fingerprint density at radius 2 is 2.17 bits per heavy atom. The second-order valence-electron chi connectivity index (χ2n) is 4.36. The van der Waals surface area contributed by atoms with Crippen LogP contribution in [0.25, 0.3) is 11.0 Å². The maximum atomic E-state index is 6.01. The maximum absolute atomic E-state index is 6.01. The number of nitrogens with two attached hydrogens (primary N) is 1. The lowest BCUT2D eigenvalue weighted by molar-refractivity contribution is 0.827. The molecule has 0 atom stereocenters. The monoisotopic (exact) mass is 258 g/mol. The van der Waals surface area contributed by atoms with Gasteiger partial charge in [0, 0.05) is 11.1 Å². The van der Waals surface area contributed by atoms with E-state index in [0.29, 0.717) is 12.5 Å². The number of imidazole rings is 1. The molecule has 1 aromatic carbocycles. The molecule has 92 valence electrons. The van der Waals surface area contributed by atoms with E-state index in [9.17, 15) is 0 Å². The molecular weight excluding hydrogens is 244 g/mol. The van der Waals surface area contributed by atoms with Gasteiger partial charge >= 0.3 is 0 Å². The van der Waals surface area contributed by atoms with Crippen LogP contribution in [0.15, 0.2) is 24.4 Å². The zero-order valence-electron chi connectivity index (χ0n) is 10.3. The summed E-state index contributed by atoms with van der Waals surface area (Å²) in [4.78, 5) is 9.99. The largest absolute Gasteiger partial charge is 0.369 e. The molecule has 0 aliphatic rings. The van der Waals surface area contributed by atoms with E-state index in [2.05, 4.69) is 29.9 Å². The molecule has 0 aliphatic carbocycles. The van der Waals surface area contributed by atoms with Gasteiger partial charge in [-0.3, -0.25) is 0 Å². The first-order chi connectivity index (χ1) is 8.65. The van der Waals surface area contributed by atoms with E-state index in [1.165, 1.54) is 10.4 Å². The van der Waals surface area contributed by atoms with Crippen molar-refractivity contribution in [2.24, 2.45) is 0 Å². The SMILES string of the molecule is Cc1cnc(Cn2c(N)nc3cccc(C)c32)s1. The number of hydrogen-bond donors (Lipinski definition) is 1. The molecule has 4 nitrogen and oxygen atoms in total. The molecule has 0 saturated heterocycles. The van der Waals surface area contributed by atoms with Crippen LogP contribution in [0, 0.1) is 13.8 Å². The van der Waals surface area contributed by atoms with Gasteiger partial charge in [-0.1, -0.05) is 12.1 Å². The lowest BCUT2D eigenvalue weighted by Gasteiger charge is -2.05. The smallest absolute Gasteiger partial charge is 0.201 e. The summed E-state index contributed by atoms with van der Waals surface area (Å²) in [5.74, 6) is 0.548. The van der Waals surface area contributed by atoms with E-state index in [1.54, 1.807) is 11.3 Å². The molecule has 0 radical (unpaired) electrons. The number of thiazole rings is 1. The first-order valence-corrected chi connectivity index (χ1v) is 6.59. The molecule has 0 fully saturated rings. The lowest BCUT2D eigenvalue weighted by Crippen LogP contribution is -2.04. The van der Waals surface area contributed by atoms with Gasteiger partial charge in [-0.25, -0.2) is 9.97 Å². The standard InChI is InChI=1S/C13H14N4S/c1-8-4-3-5-10-12(8)17(13(14)16-10)7-11-15-6-9(2)18-11/h3-6H,7H2,1-2H3,(H2,14,16). The van der Waals surface area contributed by atoms with Crippen LogP contribution in [-0.2, 0) is 6.54 Å². The fourth-order valence-corrected chi connectivity index (χ4v) is 2.93. The molecule has 0 unspecified atom stereocenters. The van der Waals surface area contributed by atoms with Crippen molar-refractivity contribution in [1.29, 1.82) is 0 Å². The van der Waals surface area contributed by atoms with Gasteiger partial charge in [0.1, 0.15) is 5.01 Å². The Morgan fingerprint density at radius 3 is 2.89 bits per heavy atom. The normalized spacial score (nSPS) is 11.2. The van der Waals surface area contributed by atoms with Crippen LogP contribution in [0.5, 0.6) is 0 Å². The summed E-state index contributed by atoms with van der Waals surface area (Å²) in [5, 5.41) is 1.06. The molecule has 0 bridgehead atoms. The van der Waals surface area contributed by atoms with E-state index in [0.717, 1.165) is 16.0 Å². The second kappa shape index (κ2) is 4.10. The van der Waals surface area contributed by atoms with E-state index in [-0.39, 0.29) is 0 Å². The highest BCUT2D eigenvalue weighted by Crippen LogP contribution is 2.23. The Balaban J connectivity index is 2.13. The van der Waals surface area contributed by atoms with Crippen molar-refractivity contribution in [1.82, 2.24) is 14.5 Å². The molecule has 18 heavy (non-hydrogen) atoms. The van der Waals surface area contributed by atoms with Gasteiger partial charge in [0.25, 0.3) is 0 Å². The highest BCUT2D eigenvalue weighted by Gasteiger charge is 2.11. The van der Waals surface area contributed by atoms with Gasteiger partial charge in [0.2, 0.25) is 5.95 Å². The van der Waals surface area contributed by atoms with Crippen molar-refractivity contribution in [3.05, 3.63) is 39.8 Å². The van der Waals surface area contributed by atoms with Crippen molar-refractivity contribution in [2.45, 2.75) is 20.4 Å². The third kappa shape index (κ3) is 1.76. The molecule has 0 amide bonds. The average Bonchev–Trinajstić information content (AvgIpc) is 2.85. The van der Waals surface area contributed by atoms with Crippen LogP contribution in [0.2, 0.25) is 0 Å². The molecule has 2 aromatic heterocycles. The maximum Gasteiger partial charge on any atom is 0.201 e. The zero-order chi connectivity index (χ0) is 12.7. The van der Waals surface area contributed by atoms with Crippen LogP contribution < -0.4 is 5.73 Å². The lowest BCUT2D eigenvalue weighted by atomic mass is 10.2. The van der Waals surface area contributed by atoms with Gasteiger partial charge in [-0.2, -0.15) is 0 Å². The van der Waals surface area contributed by atoms with Crippen LogP contribution in [-0.4, -0.2) is 14.5 Å². The topological polar surface area (TPSA) is 56.7 Å².